The van der Waals surface area contributed by atoms with Crippen LogP contribution in [0.2, 0.25) is 0 Å². The van der Waals surface area contributed by atoms with Crippen LogP contribution < -0.4 is 4.74 Å². The molecule has 0 N–H and O–H groups in total. The van der Waals surface area contributed by atoms with E-state index in [2.05, 4.69) is 4.74 Å². The highest BCUT2D eigenvalue weighted by Crippen LogP contribution is 2.37. The van der Waals surface area contributed by atoms with Crippen molar-refractivity contribution in [2.45, 2.75) is 6.18 Å². The Morgan fingerprint density at radius 2 is 1.80 bits per heavy atom. The van der Waals surface area contributed by atoms with Crippen molar-refractivity contribution in [2.75, 3.05) is 27.8 Å². The van der Waals surface area contributed by atoms with Gasteiger partial charge in [0.1, 0.15) is 12.3 Å². The molecular formula is C17H16F3NO4. The van der Waals surface area contributed by atoms with E-state index in [1.165, 1.54) is 38.4 Å². The van der Waals surface area contributed by atoms with Gasteiger partial charge in [-0.25, -0.2) is 0 Å². The minimum absolute atomic E-state index is 0.123. The number of hydrogen-bond acceptors (Lipinski definition) is 4. The second kappa shape index (κ2) is 7.00. The smallest absolute Gasteiger partial charge is 0.417 e. The van der Waals surface area contributed by atoms with Crippen LogP contribution >= 0.6 is 0 Å². The molecule has 2 rings (SSSR count). The predicted molar refractivity (Wildman–Crippen MR) is 84.5 cm³/mol. The number of rotatable bonds is 4. The second-order valence-corrected chi connectivity index (χ2v) is 5.31. The molecule has 2 aromatic carbocycles. The molecule has 0 aliphatic rings. The van der Waals surface area contributed by atoms with Gasteiger partial charge in [0.15, 0.2) is 0 Å². The van der Waals surface area contributed by atoms with Crippen LogP contribution in [0.1, 0.15) is 15.9 Å². The van der Waals surface area contributed by atoms with Crippen molar-refractivity contribution >= 4 is 22.6 Å². The molecule has 0 atom stereocenters. The molecule has 2 aromatic rings. The maximum atomic E-state index is 13.4. The first-order valence-corrected chi connectivity index (χ1v) is 7.19. The second-order valence-electron chi connectivity index (χ2n) is 5.31. The number of carbonyl (C=O) groups excluding carboxylic acids is 2. The van der Waals surface area contributed by atoms with Gasteiger partial charge in [0, 0.05) is 7.05 Å². The Labute approximate surface area is 141 Å². The molecule has 1 amide bonds. The van der Waals surface area contributed by atoms with E-state index in [-0.39, 0.29) is 5.39 Å². The SMILES string of the molecule is COC(=O)CN(C)C(=O)c1c(C(F)(F)F)ccc2cc(OC)ccc12. The molecule has 0 saturated carbocycles. The van der Waals surface area contributed by atoms with E-state index in [4.69, 9.17) is 4.74 Å². The van der Waals surface area contributed by atoms with E-state index < -0.39 is 35.7 Å². The summed E-state index contributed by atoms with van der Waals surface area (Å²) < 4.78 is 49.7. The van der Waals surface area contributed by atoms with Gasteiger partial charge in [-0.05, 0) is 35.0 Å². The molecule has 0 aliphatic carbocycles. The van der Waals surface area contributed by atoms with Crippen LogP contribution in [-0.4, -0.2) is 44.6 Å². The number of carbonyl (C=O) groups is 2. The molecule has 0 saturated heterocycles. The van der Waals surface area contributed by atoms with E-state index in [1.54, 1.807) is 0 Å². The first-order valence-electron chi connectivity index (χ1n) is 7.19. The number of ether oxygens (including phenoxy) is 2. The van der Waals surface area contributed by atoms with E-state index in [1.807, 2.05) is 0 Å². The van der Waals surface area contributed by atoms with Crippen molar-refractivity contribution in [3.8, 4) is 5.75 Å². The van der Waals surface area contributed by atoms with E-state index in [9.17, 15) is 22.8 Å². The number of alkyl halides is 3. The van der Waals surface area contributed by atoms with Gasteiger partial charge < -0.3 is 14.4 Å². The number of hydrogen-bond donors (Lipinski definition) is 0. The monoisotopic (exact) mass is 355 g/mol. The van der Waals surface area contributed by atoms with Gasteiger partial charge in [-0.2, -0.15) is 13.2 Å². The number of likely N-dealkylation sites (N-methyl/N-ethyl adjacent to an activating group) is 1. The highest BCUT2D eigenvalue weighted by atomic mass is 19.4. The van der Waals surface area contributed by atoms with Crippen LogP contribution in [-0.2, 0) is 15.7 Å². The topological polar surface area (TPSA) is 55.8 Å². The lowest BCUT2D eigenvalue weighted by molar-refractivity contribution is -0.141. The Hall–Kier alpha value is -2.77. The summed E-state index contributed by atoms with van der Waals surface area (Å²) in [7, 11) is 3.80. The van der Waals surface area contributed by atoms with Crippen LogP contribution in [0.5, 0.6) is 5.75 Å². The van der Waals surface area contributed by atoms with Crippen molar-refractivity contribution in [3.05, 3.63) is 41.5 Å². The van der Waals surface area contributed by atoms with Crippen molar-refractivity contribution in [2.24, 2.45) is 0 Å². The number of esters is 1. The highest BCUT2D eigenvalue weighted by Gasteiger charge is 2.37. The fourth-order valence-electron chi connectivity index (χ4n) is 2.42. The first kappa shape index (κ1) is 18.6. The average molecular weight is 355 g/mol. The van der Waals surface area contributed by atoms with Crippen LogP contribution in [0.25, 0.3) is 10.8 Å². The van der Waals surface area contributed by atoms with Gasteiger partial charge in [0.05, 0.1) is 25.3 Å². The van der Waals surface area contributed by atoms with Crippen molar-refractivity contribution in [1.29, 1.82) is 0 Å². The standard InChI is InChI=1S/C17H16F3NO4/c1-21(9-14(22)25-3)16(23)15-12-6-5-11(24-2)8-10(12)4-7-13(15)17(18,19)20/h4-8H,9H2,1-3H3. The van der Waals surface area contributed by atoms with Crippen molar-refractivity contribution in [1.82, 2.24) is 4.90 Å². The third-order valence-corrected chi connectivity index (χ3v) is 3.69. The number of benzene rings is 2. The Morgan fingerprint density at radius 3 is 2.36 bits per heavy atom. The van der Waals surface area contributed by atoms with Gasteiger partial charge in [-0.3, -0.25) is 9.59 Å². The summed E-state index contributed by atoms with van der Waals surface area (Å²) in [4.78, 5) is 24.8. The fourth-order valence-corrected chi connectivity index (χ4v) is 2.42. The molecule has 0 unspecified atom stereocenters. The molecular weight excluding hydrogens is 339 g/mol. The summed E-state index contributed by atoms with van der Waals surface area (Å²) in [6.07, 6.45) is -4.72. The van der Waals surface area contributed by atoms with Crippen molar-refractivity contribution < 1.29 is 32.2 Å². The largest absolute Gasteiger partial charge is 0.497 e. The zero-order valence-electron chi connectivity index (χ0n) is 13.8. The van der Waals surface area contributed by atoms with Gasteiger partial charge in [-0.15, -0.1) is 0 Å². The Morgan fingerprint density at radius 1 is 1.12 bits per heavy atom. The molecule has 0 fully saturated rings. The molecule has 0 aromatic heterocycles. The third-order valence-electron chi connectivity index (χ3n) is 3.69. The lowest BCUT2D eigenvalue weighted by Gasteiger charge is -2.20. The minimum atomic E-state index is -4.72. The van der Waals surface area contributed by atoms with Crippen molar-refractivity contribution in [3.63, 3.8) is 0 Å². The lowest BCUT2D eigenvalue weighted by atomic mass is 9.97. The van der Waals surface area contributed by atoms with E-state index in [0.717, 1.165) is 18.1 Å². The lowest BCUT2D eigenvalue weighted by Crippen LogP contribution is -2.34. The molecule has 25 heavy (non-hydrogen) atoms. The van der Waals surface area contributed by atoms with Crippen LogP contribution in [0.3, 0.4) is 0 Å². The number of nitrogens with zero attached hydrogens (tertiary/aromatic N) is 1. The maximum absolute atomic E-state index is 13.4. The van der Waals surface area contributed by atoms with E-state index in [0.29, 0.717) is 11.1 Å². The predicted octanol–water partition coefficient (Wildman–Crippen LogP) is 3.11. The Bertz CT molecular complexity index is 817. The molecule has 8 heteroatoms. The minimum Gasteiger partial charge on any atom is -0.497 e. The number of methoxy groups -OCH3 is 2. The van der Waals surface area contributed by atoms with Crippen LogP contribution in [0.15, 0.2) is 30.3 Å². The molecule has 0 spiro atoms. The molecule has 0 bridgehead atoms. The molecule has 5 nitrogen and oxygen atoms in total. The molecule has 0 radical (unpaired) electrons. The maximum Gasteiger partial charge on any atom is 0.417 e. The summed E-state index contributed by atoms with van der Waals surface area (Å²) >= 11 is 0. The molecule has 0 aliphatic heterocycles. The Kier molecular flexibility index (Phi) is 5.20. The summed E-state index contributed by atoms with van der Waals surface area (Å²) in [6.45, 7) is -0.459. The number of halogens is 3. The van der Waals surface area contributed by atoms with E-state index >= 15 is 0 Å². The summed E-state index contributed by atoms with van der Waals surface area (Å²) in [5.41, 5.74) is -1.58. The molecule has 0 heterocycles. The van der Waals surface area contributed by atoms with Gasteiger partial charge in [0.25, 0.3) is 5.91 Å². The average Bonchev–Trinajstić information content (AvgIpc) is 2.58. The summed E-state index contributed by atoms with van der Waals surface area (Å²) in [5.74, 6) is -1.20. The normalized spacial score (nSPS) is 11.3. The third kappa shape index (κ3) is 3.84. The number of fused-ring (bicyclic) bond motifs is 1. The highest BCUT2D eigenvalue weighted by molar-refractivity contribution is 6.09. The van der Waals surface area contributed by atoms with Crippen LogP contribution in [0.4, 0.5) is 13.2 Å². The first-order chi connectivity index (χ1) is 11.7. The summed E-state index contributed by atoms with van der Waals surface area (Å²) in [6, 6.07) is 6.52. The van der Waals surface area contributed by atoms with Gasteiger partial charge in [0.2, 0.25) is 0 Å². The molecule has 134 valence electrons. The van der Waals surface area contributed by atoms with Gasteiger partial charge in [-0.1, -0.05) is 6.07 Å². The number of amides is 1. The fraction of sp³-hybridized carbons (Fsp3) is 0.294. The Balaban J connectivity index is 2.64. The summed E-state index contributed by atoms with van der Waals surface area (Å²) in [5, 5.41) is 0.541. The zero-order chi connectivity index (χ0) is 18.8. The quantitative estimate of drug-likeness (QED) is 0.791. The van der Waals surface area contributed by atoms with Crippen LogP contribution in [0, 0.1) is 0 Å². The zero-order valence-corrected chi connectivity index (χ0v) is 13.8. The van der Waals surface area contributed by atoms with Gasteiger partial charge >= 0.3 is 12.1 Å².